The van der Waals surface area contributed by atoms with Crippen LogP contribution in [0, 0.1) is 0 Å². The Morgan fingerprint density at radius 2 is 1.88 bits per heavy atom. The van der Waals surface area contributed by atoms with Crippen molar-refractivity contribution in [2.45, 2.75) is 6.61 Å². The molecule has 0 bridgehead atoms. The Kier molecular flexibility index (Phi) is 5.95. The summed E-state index contributed by atoms with van der Waals surface area (Å²) in [4.78, 5) is 27.1. The third kappa shape index (κ3) is 4.90. The number of carbonyl (C=O) groups is 2. The number of benzene rings is 2. The first kappa shape index (κ1) is 17.6. The van der Waals surface area contributed by atoms with Gasteiger partial charge in [0, 0.05) is 11.1 Å². The molecule has 0 radical (unpaired) electrons. The van der Waals surface area contributed by atoms with Crippen LogP contribution in [0.15, 0.2) is 60.0 Å². The van der Waals surface area contributed by atoms with Crippen LogP contribution in [0.1, 0.15) is 16.1 Å². The smallest absolute Gasteiger partial charge is 0.344 e. The summed E-state index contributed by atoms with van der Waals surface area (Å²) in [6, 6.07) is 16.4. The molecule has 1 N–H and O–H groups in total. The molecule has 26 heavy (non-hydrogen) atoms. The molecule has 7 heteroatoms. The van der Waals surface area contributed by atoms with Crippen LogP contribution in [0.2, 0.25) is 0 Å². The highest BCUT2D eigenvalue weighted by Gasteiger charge is 2.09. The highest BCUT2D eigenvalue weighted by Crippen LogP contribution is 2.21. The molecule has 1 heterocycles. The molecule has 0 spiro atoms. The Hall–Kier alpha value is -3.19. The number of para-hydroxylation sites is 2. The zero-order chi connectivity index (χ0) is 18.2. The van der Waals surface area contributed by atoms with E-state index in [0.29, 0.717) is 23.3 Å². The van der Waals surface area contributed by atoms with Crippen molar-refractivity contribution in [3.05, 3.63) is 71.2 Å². The van der Waals surface area contributed by atoms with Crippen molar-refractivity contribution in [1.29, 1.82) is 0 Å². The van der Waals surface area contributed by atoms with Gasteiger partial charge in [0.15, 0.2) is 18.0 Å². The number of nitrogens with zero attached hydrogens (tertiary/aromatic N) is 1. The minimum Gasteiger partial charge on any atom is -0.481 e. The summed E-state index contributed by atoms with van der Waals surface area (Å²) in [5.41, 5.74) is 1.97. The lowest BCUT2D eigenvalue weighted by molar-refractivity contribution is -0.147. The van der Waals surface area contributed by atoms with E-state index in [1.54, 1.807) is 24.3 Å². The maximum Gasteiger partial charge on any atom is 0.344 e. The number of ether oxygens (including phenoxy) is 2. The van der Waals surface area contributed by atoms with E-state index in [9.17, 15) is 9.59 Å². The van der Waals surface area contributed by atoms with Crippen molar-refractivity contribution in [2.24, 2.45) is 0 Å². The van der Waals surface area contributed by atoms with Crippen LogP contribution < -0.4 is 10.1 Å². The van der Waals surface area contributed by atoms with E-state index in [-0.39, 0.29) is 13.2 Å². The van der Waals surface area contributed by atoms with E-state index < -0.39 is 5.97 Å². The first-order valence-electron chi connectivity index (χ1n) is 7.83. The predicted octanol–water partition coefficient (Wildman–Crippen LogP) is 3.82. The Bertz CT molecular complexity index is 880. The Labute approximate surface area is 154 Å². The van der Waals surface area contributed by atoms with Gasteiger partial charge in [0.1, 0.15) is 12.4 Å². The molecule has 0 aliphatic carbocycles. The monoisotopic (exact) mass is 368 g/mol. The quantitative estimate of drug-likeness (QED) is 0.481. The number of nitrogens with one attached hydrogen (secondary N) is 1. The fourth-order valence-electron chi connectivity index (χ4n) is 2.12. The number of aromatic nitrogens is 1. The second-order valence-corrected chi connectivity index (χ2v) is 6.10. The average Bonchev–Trinajstić information content (AvgIpc) is 3.13. The predicted molar refractivity (Wildman–Crippen MR) is 99.0 cm³/mol. The maximum atomic E-state index is 11.8. The van der Waals surface area contributed by atoms with E-state index in [1.807, 2.05) is 35.7 Å². The number of thiazole rings is 1. The van der Waals surface area contributed by atoms with Gasteiger partial charge in [-0.25, -0.2) is 9.78 Å². The second kappa shape index (κ2) is 8.77. The molecule has 0 aliphatic heterocycles. The van der Waals surface area contributed by atoms with Crippen molar-refractivity contribution in [3.63, 3.8) is 0 Å². The van der Waals surface area contributed by atoms with Gasteiger partial charge in [0.2, 0.25) is 0 Å². The van der Waals surface area contributed by atoms with Crippen LogP contribution >= 0.6 is 11.3 Å². The fraction of sp³-hybridized carbons (Fsp3) is 0.105. The van der Waals surface area contributed by atoms with Crippen molar-refractivity contribution in [1.82, 2.24) is 4.98 Å². The minimum atomic E-state index is -0.531. The highest BCUT2D eigenvalue weighted by atomic mass is 32.1. The molecule has 0 amide bonds. The largest absolute Gasteiger partial charge is 0.481 e. The molecule has 3 aromatic rings. The van der Waals surface area contributed by atoms with Crippen molar-refractivity contribution < 1.29 is 19.1 Å². The molecule has 0 fully saturated rings. The van der Waals surface area contributed by atoms with Gasteiger partial charge >= 0.3 is 5.97 Å². The van der Waals surface area contributed by atoms with Gasteiger partial charge in [0.05, 0.1) is 11.3 Å². The second-order valence-electron chi connectivity index (χ2n) is 5.24. The zero-order valence-corrected chi connectivity index (χ0v) is 14.6. The fourth-order valence-corrected chi connectivity index (χ4v) is 2.83. The summed E-state index contributed by atoms with van der Waals surface area (Å²) >= 11 is 1.43. The molecule has 0 unspecified atom stereocenters. The van der Waals surface area contributed by atoms with Gasteiger partial charge in [0.25, 0.3) is 0 Å². The Balaban J connectivity index is 1.47. The number of anilines is 2. The molecule has 132 valence electrons. The van der Waals surface area contributed by atoms with E-state index in [2.05, 4.69) is 10.3 Å². The first-order valence-corrected chi connectivity index (χ1v) is 8.71. The minimum absolute atomic E-state index is 0.0600. The van der Waals surface area contributed by atoms with Crippen LogP contribution in [-0.4, -0.2) is 23.8 Å². The number of esters is 1. The molecule has 0 saturated carbocycles. The van der Waals surface area contributed by atoms with Crippen LogP contribution in [0.5, 0.6) is 5.75 Å². The number of hydrogen-bond donors (Lipinski definition) is 1. The zero-order valence-electron chi connectivity index (χ0n) is 13.8. The van der Waals surface area contributed by atoms with Crippen molar-refractivity contribution >= 4 is 34.4 Å². The lowest BCUT2D eigenvalue weighted by Gasteiger charge is -2.07. The van der Waals surface area contributed by atoms with E-state index in [4.69, 9.17) is 9.47 Å². The van der Waals surface area contributed by atoms with Gasteiger partial charge in [-0.1, -0.05) is 30.3 Å². The van der Waals surface area contributed by atoms with Crippen LogP contribution in [0.25, 0.3) is 0 Å². The van der Waals surface area contributed by atoms with Gasteiger partial charge in [-0.15, -0.1) is 11.3 Å². The molecule has 6 nitrogen and oxygen atoms in total. The molecule has 0 saturated heterocycles. The van der Waals surface area contributed by atoms with E-state index >= 15 is 0 Å². The Morgan fingerprint density at radius 3 is 2.69 bits per heavy atom. The van der Waals surface area contributed by atoms with Crippen molar-refractivity contribution in [3.8, 4) is 5.75 Å². The summed E-state index contributed by atoms with van der Waals surface area (Å²) < 4.78 is 10.5. The lowest BCUT2D eigenvalue weighted by Crippen LogP contribution is -2.15. The maximum absolute atomic E-state index is 11.8. The number of carbonyl (C=O) groups excluding carboxylic acids is 2. The molecular weight excluding hydrogens is 352 g/mol. The molecule has 3 rings (SSSR count). The van der Waals surface area contributed by atoms with Crippen molar-refractivity contribution in [2.75, 3.05) is 11.9 Å². The molecule has 0 atom stereocenters. The summed E-state index contributed by atoms with van der Waals surface area (Å²) in [5.74, 6) is -0.182. The molecule has 1 aromatic heterocycles. The summed E-state index contributed by atoms with van der Waals surface area (Å²) in [5, 5.41) is 5.72. The van der Waals surface area contributed by atoms with Gasteiger partial charge in [-0.3, -0.25) is 4.79 Å². The summed E-state index contributed by atoms with van der Waals surface area (Å²) in [6.45, 7) is -0.214. The van der Waals surface area contributed by atoms with E-state index in [0.717, 1.165) is 10.8 Å². The summed E-state index contributed by atoms with van der Waals surface area (Å²) in [6.07, 6.45) is 0.678. The Morgan fingerprint density at radius 1 is 1.12 bits per heavy atom. The number of hydrogen-bond acceptors (Lipinski definition) is 7. The third-order valence-corrected chi connectivity index (χ3v) is 4.16. The normalized spacial score (nSPS) is 10.2. The first-order chi connectivity index (χ1) is 12.7. The van der Waals surface area contributed by atoms with Crippen LogP contribution in [-0.2, 0) is 16.1 Å². The molecular formula is C19H16N2O4S. The highest BCUT2D eigenvalue weighted by molar-refractivity contribution is 7.13. The summed E-state index contributed by atoms with van der Waals surface area (Å²) in [7, 11) is 0. The SMILES string of the molecule is O=Cc1ccccc1OCC(=O)OCc1csc(Nc2ccccc2)n1. The topological polar surface area (TPSA) is 77.5 Å². The third-order valence-electron chi connectivity index (χ3n) is 3.35. The average molecular weight is 368 g/mol. The standard InChI is InChI=1S/C19H16N2O4S/c22-10-14-6-4-5-9-17(14)24-12-18(23)25-11-16-13-26-19(21-16)20-15-7-2-1-3-8-15/h1-10,13H,11-12H2,(H,20,21). The number of aldehydes is 1. The van der Waals surface area contributed by atoms with Crippen LogP contribution in [0.4, 0.5) is 10.8 Å². The van der Waals surface area contributed by atoms with Gasteiger partial charge in [-0.05, 0) is 24.3 Å². The van der Waals surface area contributed by atoms with Gasteiger partial charge in [-0.2, -0.15) is 0 Å². The molecule has 0 aliphatic rings. The lowest BCUT2D eigenvalue weighted by atomic mass is 10.2. The van der Waals surface area contributed by atoms with Crippen LogP contribution in [0.3, 0.4) is 0 Å². The van der Waals surface area contributed by atoms with E-state index in [1.165, 1.54) is 11.3 Å². The number of rotatable bonds is 8. The van der Waals surface area contributed by atoms with Gasteiger partial charge < -0.3 is 14.8 Å². The molecule has 2 aromatic carbocycles.